The van der Waals surface area contributed by atoms with Gasteiger partial charge in [-0.1, -0.05) is 55.8 Å². The molecular formula is C24H27ClF3N2O3S2-. The van der Waals surface area contributed by atoms with Crippen LogP contribution in [0.2, 0.25) is 5.02 Å². The Balaban J connectivity index is 1.91. The zero-order chi connectivity index (χ0) is 25.6. The number of nitrogens with zero attached hydrogens (tertiary/aromatic N) is 2. The molecule has 3 rings (SSSR count). The molecule has 2 unspecified atom stereocenters. The molecule has 0 spiro atoms. The van der Waals surface area contributed by atoms with E-state index in [1.165, 1.54) is 27.8 Å². The molecule has 0 saturated carbocycles. The van der Waals surface area contributed by atoms with Crippen molar-refractivity contribution in [3.63, 3.8) is 0 Å². The van der Waals surface area contributed by atoms with Gasteiger partial charge in [0.25, 0.3) is 0 Å². The molecule has 192 valence electrons. The number of halogens is 4. The van der Waals surface area contributed by atoms with Gasteiger partial charge in [0.15, 0.2) is 0 Å². The molecule has 35 heavy (non-hydrogen) atoms. The monoisotopic (exact) mass is 547 g/mol. The van der Waals surface area contributed by atoms with Crippen LogP contribution in [0.25, 0.3) is 10.1 Å². The summed E-state index contributed by atoms with van der Waals surface area (Å²) in [6, 6.07) is 13.0. The van der Waals surface area contributed by atoms with Gasteiger partial charge >= 0.3 is 6.36 Å². The van der Waals surface area contributed by atoms with E-state index in [0.717, 1.165) is 41.6 Å². The van der Waals surface area contributed by atoms with E-state index in [2.05, 4.69) is 23.5 Å². The lowest BCUT2D eigenvalue weighted by molar-refractivity contribution is -0.274. The third-order valence-electron chi connectivity index (χ3n) is 5.47. The Morgan fingerprint density at radius 2 is 1.71 bits per heavy atom. The molecule has 0 amide bonds. The van der Waals surface area contributed by atoms with Crippen LogP contribution >= 0.6 is 22.9 Å². The second-order valence-corrected chi connectivity index (χ2v) is 10.4. The Hall–Kier alpha value is -1.85. The van der Waals surface area contributed by atoms with Gasteiger partial charge in [0, 0.05) is 33.9 Å². The molecule has 2 aromatic carbocycles. The lowest BCUT2D eigenvalue weighted by atomic mass is 10.0. The molecule has 0 bridgehead atoms. The van der Waals surface area contributed by atoms with Crippen LogP contribution in [0.1, 0.15) is 32.3 Å². The molecule has 0 saturated heterocycles. The summed E-state index contributed by atoms with van der Waals surface area (Å²) in [5.74, 6) is -0.295. The number of alkyl halides is 3. The Morgan fingerprint density at radius 1 is 1.09 bits per heavy atom. The minimum atomic E-state index is -4.76. The fraction of sp³-hybridized carbons (Fsp3) is 0.417. The van der Waals surface area contributed by atoms with Gasteiger partial charge < -0.3 is 9.29 Å². The first-order chi connectivity index (χ1) is 16.6. The highest BCUT2D eigenvalue weighted by molar-refractivity contribution is 7.81. The predicted octanol–water partition coefficient (Wildman–Crippen LogP) is 6.79. The van der Waals surface area contributed by atoms with E-state index >= 15 is 0 Å². The molecular weight excluding hydrogens is 521 g/mol. The van der Waals surface area contributed by atoms with Crippen LogP contribution in [0.4, 0.5) is 18.2 Å². The van der Waals surface area contributed by atoms with Crippen LogP contribution in [0.3, 0.4) is 0 Å². The lowest BCUT2D eigenvalue weighted by Crippen LogP contribution is -2.46. The van der Waals surface area contributed by atoms with Gasteiger partial charge in [-0.15, -0.1) is 24.5 Å². The maximum Gasteiger partial charge on any atom is 0.573 e. The van der Waals surface area contributed by atoms with Crippen molar-refractivity contribution < 1.29 is 26.7 Å². The highest BCUT2D eigenvalue weighted by Gasteiger charge is 2.31. The molecule has 3 aromatic rings. The normalized spacial score (nSPS) is 13.8. The highest BCUT2D eigenvalue weighted by Crippen LogP contribution is 2.42. The first-order valence-corrected chi connectivity index (χ1v) is 13.5. The van der Waals surface area contributed by atoms with Gasteiger partial charge in [-0.2, -0.15) is 0 Å². The SMILES string of the molecule is CCCN(CCC)C(Cc1ccc(OC(F)(F)F)cc1)CN(c1sc2ccccc2c1Cl)S(=O)[O-]. The van der Waals surface area contributed by atoms with E-state index in [0.29, 0.717) is 16.4 Å². The first-order valence-electron chi connectivity index (χ1n) is 11.3. The van der Waals surface area contributed by atoms with Gasteiger partial charge in [0.1, 0.15) is 10.8 Å². The van der Waals surface area contributed by atoms with Crippen molar-refractivity contribution in [1.82, 2.24) is 4.90 Å². The number of anilines is 1. The van der Waals surface area contributed by atoms with Crippen molar-refractivity contribution in [2.75, 3.05) is 23.9 Å². The molecule has 0 aliphatic rings. The molecule has 0 aliphatic carbocycles. The van der Waals surface area contributed by atoms with E-state index < -0.39 is 17.6 Å². The van der Waals surface area contributed by atoms with Crippen LogP contribution in [0, 0.1) is 0 Å². The second kappa shape index (κ2) is 12.4. The molecule has 11 heteroatoms. The summed E-state index contributed by atoms with van der Waals surface area (Å²) >= 11 is 5.33. The molecule has 1 heterocycles. The minimum Gasteiger partial charge on any atom is -0.755 e. The quantitative estimate of drug-likeness (QED) is 0.234. The summed E-state index contributed by atoms with van der Waals surface area (Å²) < 4.78 is 68.4. The summed E-state index contributed by atoms with van der Waals surface area (Å²) in [6.45, 7) is 5.77. The zero-order valence-electron chi connectivity index (χ0n) is 19.4. The molecule has 0 fully saturated rings. The Labute approximate surface area is 214 Å². The molecule has 5 nitrogen and oxygen atoms in total. The van der Waals surface area contributed by atoms with Crippen molar-refractivity contribution in [2.24, 2.45) is 0 Å². The van der Waals surface area contributed by atoms with E-state index in [-0.39, 0.29) is 18.3 Å². The predicted molar refractivity (Wildman–Crippen MR) is 136 cm³/mol. The average Bonchev–Trinajstić information content (AvgIpc) is 3.12. The fourth-order valence-electron chi connectivity index (χ4n) is 4.02. The van der Waals surface area contributed by atoms with Gasteiger partial charge in [0.05, 0.1) is 5.02 Å². The number of rotatable bonds is 12. The average molecular weight is 548 g/mol. The van der Waals surface area contributed by atoms with E-state index in [4.69, 9.17) is 11.6 Å². The summed E-state index contributed by atoms with van der Waals surface area (Å²) in [5, 5.41) is 1.63. The first kappa shape index (κ1) is 27.7. The van der Waals surface area contributed by atoms with Crippen molar-refractivity contribution in [3.05, 3.63) is 59.1 Å². The molecule has 2 atom stereocenters. The van der Waals surface area contributed by atoms with Gasteiger partial charge in [0.2, 0.25) is 0 Å². The Morgan fingerprint density at radius 3 is 2.26 bits per heavy atom. The van der Waals surface area contributed by atoms with Crippen LogP contribution in [0.5, 0.6) is 5.75 Å². The van der Waals surface area contributed by atoms with E-state index in [9.17, 15) is 21.9 Å². The van der Waals surface area contributed by atoms with Gasteiger partial charge in [-0.05, 0) is 56.1 Å². The van der Waals surface area contributed by atoms with Crippen LogP contribution in [-0.4, -0.2) is 45.7 Å². The zero-order valence-corrected chi connectivity index (χ0v) is 21.8. The molecule has 0 N–H and O–H groups in total. The summed E-state index contributed by atoms with van der Waals surface area (Å²) in [6.07, 6.45) is -2.56. The van der Waals surface area contributed by atoms with Crippen LogP contribution in [0.15, 0.2) is 48.5 Å². The Bertz CT molecular complexity index is 1120. The van der Waals surface area contributed by atoms with Gasteiger partial charge in [-0.25, -0.2) is 0 Å². The smallest absolute Gasteiger partial charge is 0.573 e. The van der Waals surface area contributed by atoms with Crippen LogP contribution in [-0.2, 0) is 17.7 Å². The summed E-state index contributed by atoms with van der Waals surface area (Å²) in [7, 11) is 0. The third kappa shape index (κ3) is 7.57. The third-order valence-corrected chi connectivity index (χ3v) is 7.96. The number of thiophene rings is 1. The van der Waals surface area contributed by atoms with Crippen molar-refractivity contribution in [2.45, 2.75) is 45.5 Å². The maximum atomic E-state index is 12.5. The number of fused-ring (bicyclic) bond motifs is 1. The largest absolute Gasteiger partial charge is 0.755 e. The maximum absolute atomic E-state index is 12.5. The highest BCUT2D eigenvalue weighted by atomic mass is 35.5. The number of hydrogen-bond acceptors (Lipinski definition) is 5. The topological polar surface area (TPSA) is 55.8 Å². The van der Waals surface area contributed by atoms with Crippen molar-refractivity contribution >= 4 is 49.3 Å². The number of benzene rings is 2. The minimum absolute atomic E-state index is 0.156. The van der Waals surface area contributed by atoms with Crippen molar-refractivity contribution in [3.8, 4) is 5.75 Å². The number of hydrogen-bond donors (Lipinski definition) is 0. The van der Waals surface area contributed by atoms with E-state index in [1.807, 2.05) is 24.3 Å². The summed E-state index contributed by atoms with van der Waals surface area (Å²) in [4.78, 5) is 2.22. The molecule has 0 radical (unpaired) electrons. The van der Waals surface area contributed by atoms with Crippen molar-refractivity contribution in [1.29, 1.82) is 0 Å². The van der Waals surface area contributed by atoms with E-state index in [1.54, 1.807) is 12.1 Å². The Kier molecular flexibility index (Phi) is 9.83. The van der Waals surface area contributed by atoms with Crippen LogP contribution < -0.4 is 9.04 Å². The number of ether oxygens (including phenoxy) is 1. The standard InChI is InChI=1S/C24H28ClF3N2O3S2/c1-3-13-29(14-4-2)18(15-17-9-11-19(12-10-17)33-24(26,27)28)16-30(35(31)32)23-22(25)20-7-5-6-8-21(20)34-23/h5-12,18H,3-4,13-16H2,1-2H3,(H,31,32)/p-1. The molecule has 0 aliphatic heterocycles. The summed E-state index contributed by atoms with van der Waals surface area (Å²) in [5.41, 5.74) is 0.779. The second-order valence-electron chi connectivity index (χ2n) is 8.08. The molecule has 1 aromatic heterocycles. The van der Waals surface area contributed by atoms with Gasteiger partial charge in [-0.3, -0.25) is 13.4 Å². The lowest BCUT2D eigenvalue weighted by Gasteiger charge is -2.36. The fourth-order valence-corrected chi connectivity index (χ4v) is 6.34.